The molecule has 0 spiro atoms. The van der Waals surface area contributed by atoms with Gasteiger partial charge in [-0.2, -0.15) is 15.0 Å². The topological polar surface area (TPSA) is 71.2 Å². The van der Waals surface area contributed by atoms with E-state index in [1.807, 2.05) is 24.1 Å². The summed E-state index contributed by atoms with van der Waals surface area (Å²) in [5, 5.41) is 0. The molecule has 0 atom stereocenters. The molecule has 3 rings (SSSR count). The average molecular weight is 284 g/mol. The monoisotopic (exact) mass is 284 g/mol. The van der Waals surface area contributed by atoms with Crippen LogP contribution in [0.2, 0.25) is 0 Å². The number of aromatic nitrogens is 3. The minimum absolute atomic E-state index is 0.265. The van der Waals surface area contributed by atoms with Gasteiger partial charge < -0.3 is 15.5 Å². The molecule has 6 nitrogen and oxygen atoms in total. The van der Waals surface area contributed by atoms with E-state index in [-0.39, 0.29) is 5.95 Å². The second kappa shape index (κ2) is 5.55. The van der Waals surface area contributed by atoms with E-state index in [1.165, 1.54) is 18.4 Å². The van der Waals surface area contributed by atoms with E-state index in [0.29, 0.717) is 11.9 Å². The molecular formula is C15H20N6. The highest BCUT2D eigenvalue weighted by Crippen LogP contribution is 2.24. The normalized spacial score (nSPS) is 14.5. The van der Waals surface area contributed by atoms with Crippen molar-refractivity contribution in [1.29, 1.82) is 0 Å². The van der Waals surface area contributed by atoms with E-state index in [4.69, 9.17) is 5.73 Å². The molecule has 1 aromatic heterocycles. The summed E-state index contributed by atoms with van der Waals surface area (Å²) >= 11 is 0. The minimum atomic E-state index is 0.265. The van der Waals surface area contributed by atoms with E-state index >= 15 is 0 Å². The molecule has 2 heterocycles. The fraction of sp³-hybridized carbons (Fsp3) is 0.400. The lowest BCUT2D eigenvalue weighted by Crippen LogP contribution is -2.23. The fourth-order valence-electron chi connectivity index (χ4n) is 2.46. The molecule has 0 aliphatic carbocycles. The second-order valence-electron chi connectivity index (χ2n) is 5.38. The van der Waals surface area contributed by atoms with Crippen LogP contribution in [0.25, 0.3) is 0 Å². The number of nitrogen functional groups attached to an aromatic ring is 1. The summed E-state index contributed by atoms with van der Waals surface area (Å²) in [4.78, 5) is 17.2. The summed E-state index contributed by atoms with van der Waals surface area (Å²) in [6.45, 7) is 4.03. The van der Waals surface area contributed by atoms with E-state index < -0.39 is 0 Å². The number of hydrogen-bond donors (Lipinski definition) is 1. The van der Waals surface area contributed by atoms with Crippen LogP contribution in [0.15, 0.2) is 24.3 Å². The number of rotatable bonds is 3. The van der Waals surface area contributed by atoms with E-state index in [2.05, 4.69) is 38.9 Å². The van der Waals surface area contributed by atoms with E-state index in [9.17, 15) is 0 Å². The number of anilines is 4. The van der Waals surface area contributed by atoms with Gasteiger partial charge in [-0.3, -0.25) is 0 Å². The zero-order valence-electron chi connectivity index (χ0n) is 12.5. The first-order valence-electron chi connectivity index (χ1n) is 7.20. The average Bonchev–Trinajstić information content (AvgIpc) is 3.01. The first-order valence-corrected chi connectivity index (χ1v) is 7.20. The third kappa shape index (κ3) is 2.89. The van der Waals surface area contributed by atoms with Crippen LogP contribution in [0.3, 0.4) is 0 Å². The molecule has 1 saturated heterocycles. The van der Waals surface area contributed by atoms with Gasteiger partial charge in [0, 0.05) is 25.8 Å². The van der Waals surface area contributed by atoms with Gasteiger partial charge in [0.2, 0.25) is 17.8 Å². The van der Waals surface area contributed by atoms with Gasteiger partial charge in [-0.25, -0.2) is 0 Å². The molecule has 110 valence electrons. The van der Waals surface area contributed by atoms with Crippen LogP contribution in [0.5, 0.6) is 0 Å². The first-order chi connectivity index (χ1) is 10.1. The summed E-state index contributed by atoms with van der Waals surface area (Å²) in [6.07, 6.45) is 2.35. The van der Waals surface area contributed by atoms with Crippen molar-refractivity contribution >= 4 is 23.5 Å². The minimum Gasteiger partial charge on any atom is -0.368 e. The number of nitrogens with two attached hydrogens (primary N) is 1. The standard InChI is InChI=1S/C15H20N6/c1-11-5-7-12(8-6-11)20(2)14-17-13(16)18-15(19-14)21-9-3-4-10-21/h5-8H,3-4,9-10H2,1-2H3,(H2,16,17,18,19). The number of aryl methyl sites for hydroxylation is 1. The molecule has 0 unspecified atom stereocenters. The predicted molar refractivity (Wildman–Crippen MR) is 84.9 cm³/mol. The van der Waals surface area contributed by atoms with Gasteiger partial charge in [0.25, 0.3) is 0 Å². The van der Waals surface area contributed by atoms with E-state index in [0.717, 1.165) is 18.8 Å². The Hall–Kier alpha value is -2.37. The van der Waals surface area contributed by atoms with Gasteiger partial charge >= 0.3 is 0 Å². The summed E-state index contributed by atoms with van der Waals surface area (Å²) in [7, 11) is 1.94. The van der Waals surface area contributed by atoms with Gasteiger partial charge in [-0.1, -0.05) is 17.7 Å². The Morgan fingerprint density at radius 3 is 2.38 bits per heavy atom. The fourth-order valence-corrected chi connectivity index (χ4v) is 2.46. The molecule has 1 fully saturated rings. The van der Waals surface area contributed by atoms with Crippen molar-refractivity contribution in [3.05, 3.63) is 29.8 Å². The summed E-state index contributed by atoms with van der Waals surface area (Å²) in [5.41, 5.74) is 8.10. The molecule has 2 aromatic rings. The van der Waals surface area contributed by atoms with Crippen molar-refractivity contribution in [2.75, 3.05) is 35.7 Å². The quantitative estimate of drug-likeness (QED) is 0.931. The van der Waals surface area contributed by atoms with Crippen LogP contribution in [-0.4, -0.2) is 35.1 Å². The summed E-state index contributed by atoms with van der Waals surface area (Å²) in [5.74, 6) is 1.52. The predicted octanol–water partition coefficient (Wildman–Crippen LogP) is 2.13. The lowest BCUT2D eigenvalue weighted by atomic mass is 10.2. The van der Waals surface area contributed by atoms with Gasteiger partial charge in [-0.15, -0.1) is 0 Å². The van der Waals surface area contributed by atoms with Gasteiger partial charge in [-0.05, 0) is 31.9 Å². The van der Waals surface area contributed by atoms with Crippen molar-refractivity contribution in [2.24, 2.45) is 0 Å². The van der Waals surface area contributed by atoms with Crippen LogP contribution in [0.4, 0.5) is 23.5 Å². The molecule has 1 aliphatic rings. The van der Waals surface area contributed by atoms with Crippen molar-refractivity contribution in [3.63, 3.8) is 0 Å². The molecule has 0 amide bonds. The zero-order valence-corrected chi connectivity index (χ0v) is 12.5. The van der Waals surface area contributed by atoms with Gasteiger partial charge in [0.15, 0.2) is 0 Å². The Bertz CT molecular complexity index is 619. The lowest BCUT2D eigenvalue weighted by Gasteiger charge is -2.20. The largest absolute Gasteiger partial charge is 0.368 e. The van der Waals surface area contributed by atoms with Crippen LogP contribution in [-0.2, 0) is 0 Å². The maximum atomic E-state index is 5.85. The summed E-state index contributed by atoms with van der Waals surface area (Å²) < 4.78 is 0. The third-order valence-corrected chi connectivity index (χ3v) is 3.74. The maximum absolute atomic E-state index is 5.85. The Labute approximate surface area is 124 Å². The summed E-state index contributed by atoms with van der Waals surface area (Å²) in [6, 6.07) is 8.23. The Kier molecular flexibility index (Phi) is 3.60. The molecule has 0 radical (unpaired) electrons. The van der Waals surface area contributed by atoms with Crippen molar-refractivity contribution < 1.29 is 0 Å². The SMILES string of the molecule is Cc1ccc(N(C)c2nc(N)nc(N3CCCC3)n2)cc1. The molecule has 1 aliphatic heterocycles. The van der Waals surface area contributed by atoms with Crippen LogP contribution in [0, 0.1) is 6.92 Å². The van der Waals surface area contributed by atoms with Crippen LogP contribution in [0.1, 0.15) is 18.4 Å². The highest BCUT2D eigenvalue weighted by atomic mass is 15.3. The number of hydrogen-bond acceptors (Lipinski definition) is 6. The third-order valence-electron chi connectivity index (χ3n) is 3.74. The Morgan fingerprint density at radius 1 is 1.05 bits per heavy atom. The number of nitrogens with zero attached hydrogens (tertiary/aromatic N) is 5. The van der Waals surface area contributed by atoms with Crippen molar-refractivity contribution in [3.8, 4) is 0 Å². The Morgan fingerprint density at radius 2 is 1.71 bits per heavy atom. The second-order valence-corrected chi connectivity index (χ2v) is 5.38. The van der Waals surface area contributed by atoms with Crippen LogP contribution >= 0.6 is 0 Å². The lowest BCUT2D eigenvalue weighted by molar-refractivity contribution is 0.875. The maximum Gasteiger partial charge on any atom is 0.236 e. The van der Waals surface area contributed by atoms with Gasteiger partial charge in [0.05, 0.1) is 0 Å². The first kappa shape index (κ1) is 13.6. The molecule has 6 heteroatoms. The Balaban J connectivity index is 1.91. The molecule has 0 bridgehead atoms. The molecular weight excluding hydrogens is 264 g/mol. The van der Waals surface area contributed by atoms with Crippen molar-refractivity contribution in [1.82, 2.24) is 15.0 Å². The van der Waals surface area contributed by atoms with E-state index in [1.54, 1.807) is 0 Å². The molecule has 0 saturated carbocycles. The highest BCUT2D eigenvalue weighted by Gasteiger charge is 2.18. The van der Waals surface area contributed by atoms with Gasteiger partial charge in [0.1, 0.15) is 0 Å². The molecule has 21 heavy (non-hydrogen) atoms. The molecule has 2 N–H and O–H groups in total. The molecule has 1 aromatic carbocycles. The van der Waals surface area contributed by atoms with Crippen molar-refractivity contribution in [2.45, 2.75) is 19.8 Å². The van der Waals surface area contributed by atoms with Crippen LogP contribution < -0.4 is 15.5 Å². The smallest absolute Gasteiger partial charge is 0.236 e. The number of benzene rings is 1. The zero-order chi connectivity index (χ0) is 14.8. The highest BCUT2D eigenvalue weighted by molar-refractivity contribution is 5.58.